The van der Waals surface area contributed by atoms with E-state index in [2.05, 4.69) is 10.2 Å². The first-order valence-corrected chi connectivity index (χ1v) is 11.8. The predicted molar refractivity (Wildman–Crippen MR) is 113 cm³/mol. The summed E-state index contributed by atoms with van der Waals surface area (Å²) in [6.45, 7) is 10.7. The third-order valence-electron chi connectivity index (χ3n) is 6.39. The Bertz CT molecular complexity index is 835. The lowest BCUT2D eigenvalue weighted by molar-refractivity contribution is -0.117. The third kappa shape index (κ3) is 4.42. The molecule has 1 aromatic carbocycles. The van der Waals surface area contributed by atoms with Gasteiger partial charge in [-0.3, -0.25) is 9.69 Å². The molecule has 0 saturated carbocycles. The lowest BCUT2D eigenvalue weighted by Gasteiger charge is -2.39. The monoisotopic (exact) mass is 407 g/mol. The standard InChI is InChI=1S/C21H33N3O3S/c1-16-7-6-8-17(2)19(16)22-18(25)13-23-11-9-21(10-12-23)14-20(3,4)24(15-21)28(5,26)27/h6-8H,9-15H2,1-5H3,(H,22,25). The van der Waals surface area contributed by atoms with Crippen LogP contribution in [0.1, 0.15) is 44.2 Å². The number of amides is 1. The molecule has 1 amide bonds. The number of carbonyl (C=O) groups is 1. The summed E-state index contributed by atoms with van der Waals surface area (Å²) in [5, 5.41) is 3.06. The van der Waals surface area contributed by atoms with Crippen LogP contribution < -0.4 is 5.32 Å². The van der Waals surface area contributed by atoms with Crippen LogP contribution in [0, 0.1) is 19.3 Å². The topological polar surface area (TPSA) is 69.7 Å². The van der Waals surface area contributed by atoms with Crippen molar-refractivity contribution in [2.24, 2.45) is 5.41 Å². The number of anilines is 1. The smallest absolute Gasteiger partial charge is 0.238 e. The molecule has 7 heteroatoms. The average molecular weight is 408 g/mol. The summed E-state index contributed by atoms with van der Waals surface area (Å²) in [4.78, 5) is 14.7. The van der Waals surface area contributed by atoms with Gasteiger partial charge < -0.3 is 5.32 Å². The molecule has 1 aromatic rings. The van der Waals surface area contributed by atoms with Gasteiger partial charge in [0.05, 0.1) is 12.8 Å². The largest absolute Gasteiger partial charge is 0.324 e. The van der Waals surface area contributed by atoms with Crippen LogP contribution in [-0.4, -0.2) is 61.5 Å². The minimum atomic E-state index is -3.21. The van der Waals surface area contributed by atoms with Gasteiger partial charge in [0, 0.05) is 17.8 Å². The first kappa shape index (κ1) is 21.3. The maximum Gasteiger partial charge on any atom is 0.238 e. The highest BCUT2D eigenvalue weighted by atomic mass is 32.2. The predicted octanol–water partition coefficient (Wildman–Crippen LogP) is 2.77. The van der Waals surface area contributed by atoms with Crippen LogP contribution in [0.3, 0.4) is 0 Å². The molecule has 3 rings (SSSR count). The van der Waals surface area contributed by atoms with Gasteiger partial charge in [-0.1, -0.05) is 18.2 Å². The summed E-state index contributed by atoms with van der Waals surface area (Å²) >= 11 is 0. The number of rotatable bonds is 4. The second-order valence-electron chi connectivity index (χ2n) is 9.35. The number of piperidine rings is 1. The maximum atomic E-state index is 12.5. The van der Waals surface area contributed by atoms with Gasteiger partial charge in [-0.25, -0.2) is 8.42 Å². The van der Waals surface area contributed by atoms with Crippen LogP contribution in [0.2, 0.25) is 0 Å². The Kier molecular flexibility index (Phi) is 5.64. The number of carbonyl (C=O) groups excluding carboxylic acids is 1. The van der Waals surface area contributed by atoms with E-state index in [0.717, 1.165) is 49.2 Å². The van der Waals surface area contributed by atoms with Gasteiger partial charge in [0.25, 0.3) is 0 Å². The molecule has 2 aliphatic rings. The Morgan fingerprint density at radius 3 is 2.21 bits per heavy atom. The summed E-state index contributed by atoms with van der Waals surface area (Å²) in [7, 11) is -3.21. The van der Waals surface area contributed by atoms with Crippen molar-refractivity contribution in [3.05, 3.63) is 29.3 Å². The molecule has 0 unspecified atom stereocenters. The Morgan fingerprint density at radius 2 is 1.71 bits per heavy atom. The van der Waals surface area contributed by atoms with E-state index < -0.39 is 10.0 Å². The average Bonchev–Trinajstić information content (AvgIpc) is 2.84. The Balaban J connectivity index is 1.58. The van der Waals surface area contributed by atoms with Crippen LogP contribution in [0.5, 0.6) is 0 Å². The van der Waals surface area contributed by atoms with Crippen molar-refractivity contribution >= 4 is 21.6 Å². The van der Waals surface area contributed by atoms with Gasteiger partial charge in [-0.05, 0) is 76.6 Å². The molecule has 0 bridgehead atoms. The summed E-state index contributed by atoms with van der Waals surface area (Å²) in [5.41, 5.74) is 2.74. The number of nitrogens with one attached hydrogen (secondary N) is 1. The molecule has 1 N–H and O–H groups in total. The number of sulfonamides is 1. The summed E-state index contributed by atoms with van der Waals surface area (Å²) < 4.78 is 26.0. The number of benzene rings is 1. The Morgan fingerprint density at radius 1 is 1.14 bits per heavy atom. The molecule has 0 atom stereocenters. The molecule has 2 saturated heterocycles. The fourth-order valence-corrected chi connectivity index (χ4v) is 6.53. The summed E-state index contributed by atoms with van der Waals surface area (Å²) in [6.07, 6.45) is 4.05. The van der Waals surface area contributed by atoms with E-state index in [-0.39, 0.29) is 16.9 Å². The van der Waals surface area contributed by atoms with Crippen molar-refractivity contribution in [1.82, 2.24) is 9.21 Å². The van der Waals surface area contributed by atoms with Crippen LogP contribution in [-0.2, 0) is 14.8 Å². The number of hydrogen-bond donors (Lipinski definition) is 1. The summed E-state index contributed by atoms with van der Waals surface area (Å²) in [5.74, 6) is 0.0119. The lowest BCUT2D eigenvalue weighted by Crippen LogP contribution is -2.45. The Labute approximate surface area is 169 Å². The molecular formula is C21H33N3O3S. The van der Waals surface area contributed by atoms with E-state index in [1.165, 1.54) is 6.26 Å². The van der Waals surface area contributed by atoms with E-state index in [1.54, 1.807) is 4.31 Å². The second-order valence-corrected chi connectivity index (χ2v) is 11.3. The van der Waals surface area contributed by atoms with E-state index in [9.17, 15) is 13.2 Å². The number of aryl methyl sites for hydroxylation is 2. The van der Waals surface area contributed by atoms with Crippen molar-refractivity contribution in [2.45, 2.75) is 52.5 Å². The number of nitrogens with zero attached hydrogens (tertiary/aromatic N) is 2. The fourth-order valence-electron chi connectivity index (χ4n) is 5.06. The van der Waals surface area contributed by atoms with Crippen molar-refractivity contribution in [1.29, 1.82) is 0 Å². The van der Waals surface area contributed by atoms with Gasteiger partial charge in [0.2, 0.25) is 15.9 Å². The van der Waals surface area contributed by atoms with Gasteiger partial charge >= 0.3 is 0 Å². The molecule has 2 heterocycles. The van der Waals surface area contributed by atoms with Gasteiger partial charge in [0.15, 0.2) is 0 Å². The van der Waals surface area contributed by atoms with Gasteiger partial charge in [-0.15, -0.1) is 0 Å². The van der Waals surface area contributed by atoms with Crippen molar-refractivity contribution < 1.29 is 13.2 Å². The van der Waals surface area contributed by atoms with Crippen molar-refractivity contribution in [3.8, 4) is 0 Å². The number of para-hydroxylation sites is 1. The fraction of sp³-hybridized carbons (Fsp3) is 0.667. The van der Waals surface area contributed by atoms with Crippen molar-refractivity contribution in [3.63, 3.8) is 0 Å². The van der Waals surface area contributed by atoms with Crippen molar-refractivity contribution in [2.75, 3.05) is 37.8 Å². The molecule has 156 valence electrons. The first-order chi connectivity index (χ1) is 12.9. The molecule has 28 heavy (non-hydrogen) atoms. The van der Waals surface area contributed by atoms with E-state index in [1.807, 2.05) is 45.9 Å². The normalized spacial score (nSPS) is 22.5. The third-order valence-corrected chi connectivity index (χ3v) is 7.82. The molecular weight excluding hydrogens is 374 g/mol. The molecule has 2 fully saturated rings. The molecule has 6 nitrogen and oxygen atoms in total. The zero-order valence-electron chi connectivity index (χ0n) is 17.7. The minimum Gasteiger partial charge on any atom is -0.324 e. The van der Waals surface area contributed by atoms with Gasteiger partial charge in [-0.2, -0.15) is 4.31 Å². The van der Waals surface area contributed by atoms with Crippen LogP contribution in [0.25, 0.3) is 0 Å². The number of likely N-dealkylation sites (tertiary alicyclic amines) is 1. The molecule has 0 aliphatic carbocycles. The molecule has 1 spiro atoms. The Hall–Kier alpha value is -1.44. The highest BCUT2D eigenvalue weighted by molar-refractivity contribution is 7.88. The SMILES string of the molecule is Cc1cccc(C)c1NC(=O)CN1CCC2(CC1)CN(S(C)(=O)=O)C(C)(C)C2. The second kappa shape index (κ2) is 7.43. The van der Waals surface area contributed by atoms with Gasteiger partial charge in [0.1, 0.15) is 0 Å². The molecule has 0 radical (unpaired) electrons. The van der Waals surface area contributed by atoms with E-state index >= 15 is 0 Å². The lowest BCUT2D eigenvalue weighted by atomic mass is 9.74. The number of hydrogen-bond acceptors (Lipinski definition) is 4. The highest BCUT2D eigenvalue weighted by Crippen LogP contribution is 2.48. The molecule has 2 aliphatic heterocycles. The summed E-state index contributed by atoms with van der Waals surface area (Å²) in [6, 6.07) is 6.00. The van der Waals surface area contributed by atoms with Crippen LogP contribution in [0.15, 0.2) is 18.2 Å². The maximum absolute atomic E-state index is 12.5. The van der Waals surface area contributed by atoms with E-state index in [4.69, 9.17) is 0 Å². The van der Waals surface area contributed by atoms with Crippen LogP contribution >= 0.6 is 0 Å². The quantitative estimate of drug-likeness (QED) is 0.833. The zero-order valence-corrected chi connectivity index (χ0v) is 18.5. The van der Waals surface area contributed by atoms with Crippen LogP contribution in [0.4, 0.5) is 5.69 Å². The zero-order chi connectivity index (χ0) is 20.7. The first-order valence-electron chi connectivity index (χ1n) is 9.98. The minimum absolute atomic E-state index is 0.0119. The van der Waals surface area contributed by atoms with E-state index in [0.29, 0.717) is 13.1 Å². The molecule has 0 aromatic heterocycles. The highest BCUT2D eigenvalue weighted by Gasteiger charge is 2.52.